The van der Waals surface area contributed by atoms with Gasteiger partial charge in [-0.05, 0) is 42.6 Å². The molecule has 0 aliphatic heterocycles. The zero-order valence-electron chi connectivity index (χ0n) is 11.3. The zero-order valence-corrected chi connectivity index (χ0v) is 12.9. The number of alkyl halides is 1. The Hall–Kier alpha value is -1.37. The zero-order chi connectivity index (χ0) is 14.7. The lowest BCUT2D eigenvalue weighted by atomic mass is 9.89. The predicted molar refractivity (Wildman–Crippen MR) is 79.1 cm³/mol. The lowest BCUT2D eigenvalue weighted by Crippen LogP contribution is -2.32. The highest BCUT2D eigenvalue weighted by Gasteiger charge is 2.23. The summed E-state index contributed by atoms with van der Waals surface area (Å²) in [6, 6.07) is 2.84. The van der Waals surface area contributed by atoms with Crippen LogP contribution in [0.5, 0.6) is 0 Å². The standard InChI is InChI=1S/C13H18BrN3O3/c1-16-11(6-7-12(16)17(19)20)13(18)15-8-9-2-4-10(14)5-3-9/h6-7,9-10H,2-5,8H2,1H3,(H,15,18). The Morgan fingerprint density at radius 1 is 1.45 bits per heavy atom. The van der Waals surface area contributed by atoms with E-state index >= 15 is 0 Å². The van der Waals surface area contributed by atoms with E-state index in [-0.39, 0.29) is 11.7 Å². The third-order valence-electron chi connectivity index (χ3n) is 3.84. The molecule has 0 aromatic carbocycles. The molecule has 0 bridgehead atoms. The van der Waals surface area contributed by atoms with Crippen LogP contribution in [0.25, 0.3) is 0 Å². The average Bonchev–Trinajstić information content (AvgIpc) is 2.80. The summed E-state index contributed by atoms with van der Waals surface area (Å²) in [6.45, 7) is 0.636. The minimum atomic E-state index is -0.492. The molecule has 0 spiro atoms. The molecule has 0 radical (unpaired) electrons. The summed E-state index contributed by atoms with van der Waals surface area (Å²) in [5.41, 5.74) is 0.325. The maximum atomic E-state index is 12.0. The molecule has 1 amide bonds. The van der Waals surface area contributed by atoms with Crippen LogP contribution < -0.4 is 5.32 Å². The molecule has 1 aromatic rings. The first-order valence-electron chi connectivity index (χ1n) is 6.71. The summed E-state index contributed by atoms with van der Waals surface area (Å²) in [7, 11) is 1.53. The average molecular weight is 344 g/mol. The van der Waals surface area contributed by atoms with Crippen LogP contribution in [0.3, 0.4) is 0 Å². The van der Waals surface area contributed by atoms with Gasteiger partial charge in [-0.1, -0.05) is 15.9 Å². The number of nitrogens with one attached hydrogen (secondary N) is 1. The molecule has 0 unspecified atom stereocenters. The Morgan fingerprint density at radius 2 is 2.10 bits per heavy atom. The van der Waals surface area contributed by atoms with Gasteiger partial charge < -0.3 is 15.4 Å². The highest BCUT2D eigenvalue weighted by Crippen LogP contribution is 2.28. The number of carbonyl (C=O) groups is 1. The van der Waals surface area contributed by atoms with E-state index in [0.29, 0.717) is 23.0 Å². The molecule has 6 nitrogen and oxygen atoms in total. The number of rotatable bonds is 4. The molecule has 0 saturated heterocycles. The SMILES string of the molecule is Cn1c(C(=O)NCC2CCC(Br)CC2)ccc1[N+](=O)[O-]. The quantitative estimate of drug-likeness (QED) is 0.518. The van der Waals surface area contributed by atoms with Crippen LogP contribution >= 0.6 is 15.9 Å². The van der Waals surface area contributed by atoms with Gasteiger partial charge in [-0.2, -0.15) is 0 Å². The van der Waals surface area contributed by atoms with Crippen molar-refractivity contribution in [3.05, 3.63) is 27.9 Å². The second-order valence-corrected chi connectivity index (χ2v) is 6.52. The number of carbonyl (C=O) groups excluding carboxylic acids is 1. The molecule has 110 valence electrons. The molecular weight excluding hydrogens is 326 g/mol. The highest BCUT2D eigenvalue weighted by atomic mass is 79.9. The van der Waals surface area contributed by atoms with Crippen LogP contribution in [0.15, 0.2) is 12.1 Å². The van der Waals surface area contributed by atoms with Crippen molar-refractivity contribution in [1.29, 1.82) is 0 Å². The number of amides is 1. The first-order valence-corrected chi connectivity index (χ1v) is 7.63. The third-order valence-corrected chi connectivity index (χ3v) is 4.76. The van der Waals surface area contributed by atoms with Gasteiger partial charge >= 0.3 is 5.82 Å². The monoisotopic (exact) mass is 343 g/mol. The summed E-state index contributed by atoms with van der Waals surface area (Å²) in [4.78, 5) is 22.9. The third kappa shape index (κ3) is 3.39. The molecule has 1 N–H and O–H groups in total. The topological polar surface area (TPSA) is 77.2 Å². The Kier molecular flexibility index (Phi) is 4.80. The van der Waals surface area contributed by atoms with E-state index in [1.807, 2.05) is 0 Å². The summed E-state index contributed by atoms with van der Waals surface area (Å²) in [6.07, 6.45) is 4.47. The van der Waals surface area contributed by atoms with E-state index < -0.39 is 4.92 Å². The minimum absolute atomic E-state index is 0.0741. The van der Waals surface area contributed by atoms with Gasteiger partial charge in [0.15, 0.2) is 5.69 Å². The van der Waals surface area contributed by atoms with E-state index in [1.165, 1.54) is 23.7 Å². The molecule has 2 rings (SSSR count). The van der Waals surface area contributed by atoms with Crippen LogP contribution in [0.1, 0.15) is 36.2 Å². The first-order chi connectivity index (χ1) is 9.49. The fraction of sp³-hybridized carbons (Fsp3) is 0.615. The number of aromatic nitrogens is 1. The summed E-state index contributed by atoms with van der Waals surface area (Å²) < 4.78 is 1.31. The van der Waals surface area contributed by atoms with Gasteiger partial charge in [-0.15, -0.1) is 0 Å². The molecule has 1 aromatic heterocycles. The van der Waals surface area contributed by atoms with Gasteiger partial charge in [-0.3, -0.25) is 4.79 Å². The number of nitro groups is 1. The molecule has 1 aliphatic rings. The van der Waals surface area contributed by atoms with Crippen LogP contribution in [0.2, 0.25) is 0 Å². The van der Waals surface area contributed by atoms with Gasteiger partial charge in [0, 0.05) is 17.4 Å². The summed E-state index contributed by atoms with van der Waals surface area (Å²) >= 11 is 3.60. The van der Waals surface area contributed by atoms with Crippen LogP contribution in [0.4, 0.5) is 5.82 Å². The lowest BCUT2D eigenvalue weighted by Gasteiger charge is -2.25. The number of hydrogen-bond donors (Lipinski definition) is 1. The maximum absolute atomic E-state index is 12.0. The van der Waals surface area contributed by atoms with Crippen molar-refractivity contribution in [2.75, 3.05) is 6.54 Å². The van der Waals surface area contributed by atoms with E-state index in [0.717, 1.165) is 25.7 Å². The fourth-order valence-electron chi connectivity index (χ4n) is 2.57. The largest absolute Gasteiger partial charge is 0.358 e. The van der Waals surface area contributed by atoms with E-state index in [4.69, 9.17) is 0 Å². The first kappa shape index (κ1) is 15.0. The van der Waals surface area contributed by atoms with Gasteiger partial charge in [-0.25, -0.2) is 4.57 Å². The second kappa shape index (κ2) is 6.39. The fourth-order valence-corrected chi connectivity index (χ4v) is 3.09. The van der Waals surface area contributed by atoms with Gasteiger partial charge in [0.05, 0.1) is 7.05 Å². The van der Waals surface area contributed by atoms with Crippen molar-refractivity contribution < 1.29 is 9.72 Å². The van der Waals surface area contributed by atoms with Crippen molar-refractivity contribution in [3.8, 4) is 0 Å². The number of nitrogens with zero attached hydrogens (tertiary/aromatic N) is 2. The maximum Gasteiger partial charge on any atom is 0.323 e. The van der Waals surface area contributed by atoms with Crippen LogP contribution in [-0.2, 0) is 7.05 Å². The van der Waals surface area contributed by atoms with Crippen LogP contribution in [0, 0.1) is 16.0 Å². The van der Waals surface area contributed by atoms with E-state index in [9.17, 15) is 14.9 Å². The molecular formula is C13H18BrN3O3. The molecule has 1 heterocycles. The summed E-state index contributed by atoms with van der Waals surface area (Å²) in [5.74, 6) is 0.180. The van der Waals surface area contributed by atoms with Gasteiger partial charge in [0.25, 0.3) is 5.91 Å². The predicted octanol–water partition coefficient (Wildman–Crippen LogP) is 2.62. The van der Waals surface area contributed by atoms with Crippen molar-refractivity contribution in [1.82, 2.24) is 9.88 Å². The normalized spacial score (nSPS) is 22.5. The Morgan fingerprint density at radius 3 is 2.65 bits per heavy atom. The highest BCUT2D eigenvalue weighted by molar-refractivity contribution is 9.09. The Bertz CT molecular complexity index is 507. The van der Waals surface area contributed by atoms with Gasteiger partial charge in [0.2, 0.25) is 0 Å². The van der Waals surface area contributed by atoms with Crippen molar-refractivity contribution in [3.63, 3.8) is 0 Å². The molecule has 0 atom stereocenters. The molecule has 1 aliphatic carbocycles. The molecule has 7 heteroatoms. The molecule has 1 saturated carbocycles. The number of hydrogen-bond acceptors (Lipinski definition) is 3. The Balaban J connectivity index is 1.90. The van der Waals surface area contributed by atoms with Crippen molar-refractivity contribution >= 4 is 27.7 Å². The van der Waals surface area contributed by atoms with E-state index in [2.05, 4.69) is 21.2 Å². The van der Waals surface area contributed by atoms with Crippen LogP contribution in [-0.4, -0.2) is 26.8 Å². The van der Waals surface area contributed by atoms with Crippen molar-refractivity contribution in [2.24, 2.45) is 13.0 Å². The lowest BCUT2D eigenvalue weighted by molar-refractivity contribution is -0.391. The summed E-state index contributed by atoms with van der Waals surface area (Å²) in [5, 5.41) is 13.6. The Labute approximate surface area is 125 Å². The second-order valence-electron chi connectivity index (χ2n) is 5.22. The molecule has 20 heavy (non-hydrogen) atoms. The molecule has 1 fully saturated rings. The van der Waals surface area contributed by atoms with Gasteiger partial charge in [0.1, 0.15) is 0 Å². The number of halogens is 1. The smallest absolute Gasteiger partial charge is 0.323 e. The van der Waals surface area contributed by atoms with E-state index in [1.54, 1.807) is 0 Å². The minimum Gasteiger partial charge on any atom is -0.358 e. The van der Waals surface area contributed by atoms with Crippen molar-refractivity contribution in [2.45, 2.75) is 30.5 Å².